The second-order valence-electron chi connectivity index (χ2n) is 9.23. The van der Waals surface area contributed by atoms with E-state index >= 15 is 0 Å². The minimum absolute atomic E-state index is 0.139. The van der Waals surface area contributed by atoms with Crippen molar-refractivity contribution in [3.8, 4) is 0 Å². The first-order chi connectivity index (χ1) is 17.8. The number of nitro benzene ring substituents is 1. The molecule has 11 nitrogen and oxygen atoms in total. The van der Waals surface area contributed by atoms with E-state index in [0.29, 0.717) is 0 Å². The van der Waals surface area contributed by atoms with Gasteiger partial charge in [-0.25, -0.2) is 18.0 Å². The standard InChI is InChI=1S/C26H33N3O8S/c1-5-36-24(30)16-11-17-28(38(34,35)23-15-10-9-14-22(23)29(32)33)19-21(18-20-12-7-6-8-13-20)27-25(31)37-26(2,3)4/h6-16,21H,5,17-19H2,1-4H3,(H,27,31)/b16-11+/t21-/m1/s1. The van der Waals surface area contributed by atoms with Crippen LogP contribution in [0.5, 0.6) is 0 Å². The van der Waals surface area contributed by atoms with E-state index in [1.54, 1.807) is 27.7 Å². The highest BCUT2D eigenvalue weighted by Crippen LogP contribution is 2.26. The first kappa shape index (κ1) is 30.5. The van der Waals surface area contributed by atoms with Crippen LogP contribution in [0.2, 0.25) is 0 Å². The van der Waals surface area contributed by atoms with Gasteiger partial charge in [0.2, 0.25) is 10.0 Å². The summed E-state index contributed by atoms with van der Waals surface area (Å²) < 4.78 is 38.6. The number of hydrogen-bond acceptors (Lipinski definition) is 8. The average Bonchev–Trinajstić information content (AvgIpc) is 2.83. The van der Waals surface area contributed by atoms with Crippen LogP contribution in [0.3, 0.4) is 0 Å². The minimum atomic E-state index is -4.45. The minimum Gasteiger partial charge on any atom is -0.463 e. The van der Waals surface area contributed by atoms with E-state index in [9.17, 15) is 28.1 Å². The number of benzene rings is 2. The van der Waals surface area contributed by atoms with Crippen molar-refractivity contribution in [1.29, 1.82) is 0 Å². The second kappa shape index (κ2) is 13.7. The molecule has 0 radical (unpaired) electrons. The number of amides is 1. The second-order valence-corrected chi connectivity index (χ2v) is 11.1. The number of nitro groups is 1. The van der Waals surface area contributed by atoms with E-state index < -0.39 is 49.2 Å². The van der Waals surface area contributed by atoms with Gasteiger partial charge in [-0.2, -0.15) is 4.31 Å². The Kier molecular flexibility index (Phi) is 11.0. The molecule has 206 valence electrons. The lowest BCUT2D eigenvalue weighted by Gasteiger charge is -2.28. The van der Waals surface area contributed by atoms with Gasteiger partial charge in [0.15, 0.2) is 4.90 Å². The van der Waals surface area contributed by atoms with Gasteiger partial charge in [0.25, 0.3) is 5.69 Å². The summed E-state index contributed by atoms with van der Waals surface area (Å²) in [5.41, 5.74) is -0.564. The summed E-state index contributed by atoms with van der Waals surface area (Å²) in [6.45, 7) is 6.29. The molecule has 0 unspecified atom stereocenters. The van der Waals surface area contributed by atoms with E-state index in [-0.39, 0.29) is 26.1 Å². The Hall–Kier alpha value is -3.77. The molecule has 0 aliphatic carbocycles. The Labute approximate surface area is 222 Å². The monoisotopic (exact) mass is 547 g/mol. The molecule has 0 spiro atoms. The van der Waals surface area contributed by atoms with Crippen molar-refractivity contribution < 1.29 is 32.4 Å². The molecule has 0 saturated heterocycles. The number of carbonyl (C=O) groups excluding carboxylic acids is 2. The Bertz CT molecular complexity index is 1240. The molecule has 2 aromatic rings. The number of carbonyl (C=O) groups is 2. The lowest BCUT2D eigenvalue weighted by atomic mass is 10.1. The van der Waals surface area contributed by atoms with E-state index in [4.69, 9.17) is 9.47 Å². The van der Waals surface area contributed by atoms with Gasteiger partial charge >= 0.3 is 12.1 Å². The van der Waals surface area contributed by atoms with Gasteiger partial charge in [-0.3, -0.25) is 10.1 Å². The smallest absolute Gasteiger partial charge is 0.407 e. The predicted molar refractivity (Wildman–Crippen MR) is 141 cm³/mol. The van der Waals surface area contributed by atoms with Gasteiger partial charge in [0, 0.05) is 25.2 Å². The number of sulfonamides is 1. The third kappa shape index (κ3) is 9.60. The van der Waals surface area contributed by atoms with Crippen LogP contribution in [-0.2, 0) is 30.7 Å². The summed E-state index contributed by atoms with van der Waals surface area (Å²) in [5, 5.41) is 14.3. The molecule has 1 N–H and O–H groups in total. The Morgan fingerprint density at radius 2 is 1.74 bits per heavy atom. The molecule has 0 fully saturated rings. The van der Waals surface area contributed by atoms with Crippen LogP contribution in [0.4, 0.5) is 10.5 Å². The van der Waals surface area contributed by atoms with Crippen LogP contribution in [0.25, 0.3) is 0 Å². The molecule has 0 saturated carbocycles. The molecular weight excluding hydrogens is 514 g/mol. The molecule has 12 heteroatoms. The largest absolute Gasteiger partial charge is 0.463 e. The number of hydrogen-bond donors (Lipinski definition) is 1. The maximum Gasteiger partial charge on any atom is 0.407 e. The van der Waals surface area contributed by atoms with Crippen molar-refractivity contribution in [1.82, 2.24) is 9.62 Å². The number of rotatable bonds is 12. The summed E-state index contributed by atoms with van der Waals surface area (Å²) >= 11 is 0. The van der Waals surface area contributed by atoms with Crippen molar-refractivity contribution in [3.05, 3.63) is 82.4 Å². The molecule has 38 heavy (non-hydrogen) atoms. The lowest BCUT2D eigenvalue weighted by molar-refractivity contribution is -0.387. The molecular formula is C26H33N3O8S. The molecule has 0 aromatic heterocycles. The maximum absolute atomic E-state index is 13.7. The fourth-order valence-electron chi connectivity index (χ4n) is 3.47. The van der Waals surface area contributed by atoms with E-state index in [0.717, 1.165) is 28.1 Å². The van der Waals surface area contributed by atoms with Gasteiger partial charge in [0.1, 0.15) is 5.60 Å². The highest BCUT2D eigenvalue weighted by molar-refractivity contribution is 7.89. The molecule has 1 atom stereocenters. The Morgan fingerprint density at radius 3 is 2.34 bits per heavy atom. The predicted octanol–water partition coefficient (Wildman–Crippen LogP) is 3.84. The van der Waals surface area contributed by atoms with Crippen molar-refractivity contribution in [2.45, 2.75) is 50.7 Å². The Morgan fingerprint density at radius 1 is 1.11 bits per heavy atom. The summed E-state index contributed by atoms with van der Waals surface area (Å²) in [5.74, 6) is -0.664. The van der Waals surface area contributed by atoms with E-state index in [2.05, 4.69) is 5.32 Å². The van der Waals surface area contributed by atoms with Crippen LogP contribution in [-0.4, -0.2) is 61.0 Å². The summed E-state index contributed by atoms with van der Waals surface area (Å²) in [4.78, 5) is 34.7. The topological polar surface area (TPSA) is 145 Å². The van der Waals surface area contributed by atoms with Crippen LogP contribution < -0.4 is 5.32 Å². The SMILES string of the molecule is CCOC(=O)/C=C/CN(C[C@@H](Cc1ccccc1)NC(=O)OC(C)(C)C)S(=O)(=O)c1ccccc1[N+](=O)[O-]. The van der Waals surface area contributed by atoms with E-state index in [1.807, 2.05) is 30.3 Å². The highest BCUT2D eigenvalue weighted by Gasteiger charge is 2.33. The van der Waals surface area contributed by atoms with Crippen molar-refractivity contribution >= 4 is 27.8 Å². The summed E-state index contributed by atoms with van der Waals surface area (Å²) in [6.07, 6.45) is 1.87. The number of ether oxygens (including phenoxy) is 2. The van der Waals surface area contributed by atoms with Gasteiger partial charge in [-0.1, -0.05) is 48.5 Å². The van der Waals surface area contributed by atoms with Gasteiger partial charge in [-0.15, -0.1) is 0 Å². The average molecular weight is 548 g/mol. The zero-order valence-corrected chi connectivity index (χ0v) is 22.6. The Balaban J connectivity index is 2.47. The quantitative estimate of drug-likeness (QED) is 0.183. The van der Waals surface area contributed by atoms with Gasteiger partial charge < -0.3 is 14.8 Å². The molecule has 1 amide bonds. The lowest BCUT2D eigenvalue weighted by Crippen LogP contribution is -2.48. The number of alkyl carbamates (subject to hydrolysis) is 1. The van der Waals surface area contributed by atoms with Crippen molar-refractivity contribution in [3.63, 3.8) is 0 Å². The zero-order valence-electron chi connectivity index (χ0n) is 21.8. The first-order valence-electron chi connectivity index (χ1n) is 11.9. The van der Waals surface area contributed by atoms with Gasteiger partial charge in [-0.05, 0) is 45.7 Å². The number of esters is 1. The third-order valence-electron chi connectivity index (χ3n) is 5.00. The highest BCUT2D eigenvalue weighted by atomic mass is 32.2. The van der Waals surface area contributed by atoms with Crippen LogP contribution in [0.1, 0.15) is 33.3 Å². The number of nitrogens with zero attached hydrogens (tertiary/aromatic N) is 2. The van der Waals surface area contributed by atoms with Crippen LogP contribution in [0, 0.1) is 10.1 Å². The number of nitrogens with one attached hydrogen (secondary N) is 1. The molecule has 0 aliphatic rings. The first-order valence-corrected chi connectivity index (χ1v) is 13.4. The summed E-state index contributed by atoms with van der Waals surface area (Å²) in [6, 6.07) is 13.3. The molecule has 0 aliphatic heterocycles. The maximum atomic E-state index is 13.7. The zero-order chi connectivity index (χ0) is 28.3. The molecule has 0 bridgehead atoms. The number of para-hydroxylation sites is 1. The van der Waals surface area contributed by atoms with Crippen LogP contribution >= 0.6 is 0 Å². The fraction of sp³-hybridized carbons (Fsp3) is 0.385. The normalized spacial score (nSPS) is 12.8. The third-order valence-corrected chi connectivity index (χ3v) is 6.88. The molecule has 0 heterocycles. The van der Waals surface area contributed by atoms with Crippen molar-refractivity contribution in [2.75, 3.05) is 19.7 Å². The fourth-order valence-corrected chi connectivity index (χ4v) is 5.07. The molecule has 2 rings (SSSR count). The summed E-state index contributed by atoms with van der Waals surface area (Å²) in [7, 11) is -4.45. The van der Waals surface area contributed by atoms with Gasteiger partial charge in [0.05, 0.1) is 17.6 Å². The van der Waals surface area contributed by atoms with Crippen molar-refractivity contribution in [2.24, 2.45) is 0 Å². The molecule has 2 aromatic carbocycles. The van der Waals surface area contributed by atoms with E-state index in [1.165, 1.54) is 18.2 Å². The van der Waals surface area contributed by atoms with Crippen LogP contribution in [0.15, 0.2) is 71.6 Å².